The molecule has 0 radical (unpaired) electrons. The third-order valence-corrected chi connectivity index (χ3v) is 3.10. The van der Waals surface area contributed by atoms with Gasteiger partial charge in [0.1, 0.15) is 5.75 Å². The summed E-state index contributed by atoms with van der Waals surface area (Å²) in [7, 11) is -3.89. The monoisotopic (exact) mass is 230 g/mol. The Morgan fingerprint density at radius 1 is 1.36 bits per heavy atom. The Hall–Kier alpha value is -0.720. The highest BCUT2D eigenvalue weighted by atomic mass is 32.2. The molecule has 4 nitrogen and oxygen atoms in total. The average molecular weight is 230 g/mol. The quantitative estimate of drug-likeness (QED) is 0.649. The maximum atomic E-state index is 12.8. The second-order valence-corrected chi connectivity index (χ2v) is 4.95. The van der Waals surface area contributed by atoms with Crippen molar-refractivity contribution in [3.8, 4) is 0 Å². The van der Waals surface area contributed by atoms with Crippen molar-refractivity contribution in [3.05, 3.63) is 0 Å². The lowest BCUT2D eigenvalue weighted by atomic mass is 10.4. The minimum atomic E-state index is -3.95. The van der Waals surface area contributed by atoms with Crippen molar-refractivity contribution in [1.82, 2.24) is 0 Å². The number of hydrogen-bond acceptors (Lipinski definition) is 4. The highest BCUT2D eigenvalue weighted by Crippen LogP contribution is 2.18. The smallest absolute Gasteiger partial charge is 0.378 e. The molecular formula is C7H12F2O4S. The van der Waals surface area contributed by atoms with Crippen molar-refractivity contribution in [2.45, 2.75) is 19.8 Å². The highest BCUT2D eigenvalue weighted by Gasteiger charge is 2.44. The van der Waals surface area contributed by atoms with Gasteiger partial charge in [0.25, 0.3) is 0 Å². The first-order valence-electron chi connectivity index (χ1n) is 4.00. The minimum Gasteiger partial charge on any atom is -0.462 e. The fourth-order valence-electron chi connectivity index (χ4n) is 0.674. The van der Waals surface area contributed by atoms with Crippen LogP contribution in [0.15, 0.2) is 0 Å². The molecule has 0 rings (SSSR count). The summed E-state index contributed by atoms with van der Waals surface area (Å²) >= 11 is 0. The van der Waals surface area contributed by atoms with Gasteiger partial charge < -0.3 is 4.74 Å². The van der Waals surface area contributed by atoms with E-state index in [-0.39, 0.29) is 6.61 Å². The van der Waals surface area contributed by atoms with Gasteiger partial charge in [-0.15, -0.1) is 0 Å². The second kappa shape index (κ2) is 4.68. The Morgan fingerprint density at radius 3 is 2.21 bits per heavy atom. The van der Waals surface area contributed by atoms with Crippen LogP contribution in [0.5, 0.6) is 0 Å². The Morgan fingerprint density at radius 2 is 1.86 bits per heavy atom. The van der Waals surface area contributed by atoms with Crippen LogP contribution in [-0.2, 0) is 19.4 Å². The molecule has 0 amide bonds. The maximum Gasteiger partial charge on any atom is 0.378 e. The zero-order valence-corrected chi connectivity index (χ0v) is 8.73. The first-order valence-corrected chi connectivity index (χ1v) is 5.82. The zero-order chi connectivity index (χ0) is 11.4. The highest BCUT2D eigenvalue weighted by molar-refractivity contribution is 7.91. The summed E-state index contributed by atoms with van der Waals surface area (Å²) in [6, 6.07) is 0. The number of alkyl halides is 2. The lowest BCUT2D eigenvalue weighted by molar-refractivity contribution is -0.168. The zero-order valence-electron chi connectivity index (χ0n) is 7.92. The van der Waals surface area contributed by atoms with Gasteiger partial charge >= 0.3 is 11.9 Å². The van der Waals surface area contributed by atoms with Gasteiger partial charge in [-0.2, -0.15) is 8.78 Å². The number of carbonyl (C=O) groups is 1. The number of hydrogen-bond donors (Lipinski definition) is 0. The van der Waals surface area contributed by atoms with E-state index >= 15 is 0 Å². The normalized spacial score (nSPS) is 12.6. The van der Waals surface area contributed by atoms with Crippen LogP contribution in [0.25, 0.3) is 0 Å². The van der Waals surface area contributed by atoms with Crippen molar-refractivity contribution in [3.63, 3.8) is 0 Å². The summed E-state index contributed by atoms with van der Waals surface area (Å²) in [5, 5.41) is 0. The van der Waals surface area contributed by atoms with E-state index in [2.05, 4.69) is 4.74 Å². The molecule has 0 aromatic heterocycles. The van der Waals surface area contributed by atoms with Gasteiger partial charge in [0.05, 0.1) is 6.61 Å². The molecule has 84 valence electrons. The Kier molecular flexibility index (Phi) is 4.44. The van der Waals surface area contributed by atoms with Crippen LogP contribution in [0, 0.1) is 0 Å². The van der Waals surface area contributed by atoms with E-state index in [4.69, 9.17) is 0 Å². The molecule has 0 aliphatic carbocycles. The minimum absolute atomic E-state index is 0.208. The Bertz CT molecular complexity index is 297. The van der Waals surface area contributed by atoms with Crippen LogP contribution in [0.1, 0.15) is 13.8 Å². The molecule has 0 saturated heterocycles. The van der Waals surface area contributed by atoms with Gasteiger partial charge in [0.15, 0.2) is 9.84 Å². The molecule has 14 heavy (non-hydrogen) atoms. The van der Waals surface area contributed by atoms with Crippen molar-refractivity contribution in [2.24, 2.45) is 0 Å². The summed E-state index contributed by atoms with van der Waals surface area (Å²) in [5.74, 6) is -7.67. The van der Waals surface area contributed by atoms with E-state index < -0.39 is 33.2 Å². The van der Waals surface area contributed by atoms with Crippen LogP contribution in [-0.4, -0.2) is 38.4 Å². The summed E-state index contributed by atoms with van der Waals surface area (Å²) < 4.78 is 51.4. The molecular weight excluding hydrogens is 218 g/mol. The molecule has 0 atom stereocenters. The molecule has 0 aliphatic heterocycles. The molecule has 0 saturated carbocycles. The summed E-state index contributed by atoms with van der Waals surface area (Å²) in [6.07, 6.45) is 0. The maximum absolute atomic E-state index is 12.8. The lowest BCUT2D eigenvalue weighted by Crippen LogP contribution is -2.38. The topological polar surface area (TPSA) is 60.4 Å². The number of carbonyl (C=O) groups excluding carboxylic acids is 1. The van der Waals surface area contributed by atoms with E-state index in [9.17, 15) is 22.0 Å². The molecule has 0 spiro atoms. The van der Waals surface area contributed by atoms with Crippen LogP contribution in [0.2, 0.25) is 0 Å². The molecule has 0 bridgehead atoms. The molecule has 0 aliphatic rings. The van der Waals surface area contributed by atoms with Crippen LogP contribution in [0.4, 0.5) is 8.78 Å². The Balaban J connectivity index is 4.57. The van der Waals surface area contributed by atoms with Gasteiger partial charge in [-0.05, 0) is 6.92 Å². The van der Waals surface area contributed by atoms with Crippen molar-refractivity contribution in [1.29, 1.82) is 0 Å². The first kappa shape index (κ1) is 13.3. The number of esters is 1. The molecule has 0 unspecified atom stereocenters. The van der Waals surface area contributed by atoms with E-state index in [0.29, 0.717) is 0 Å². The second-order valence-electron chi connectivity index (χ2n) is 2.60. The summed E-state index contributed by atoms with van der Waals surface area (Å²) in [6.45, 7) is 2.39. The van der Waals surface area contributed by atoms with E-state index in [1.807, 2.05) is 0 Å². The molecule has 0 aromatic rings. The van der Waals surface area contributed by atoms with Gasteiger partial charge in [-0.25, -0.2) is 13.2 Å². The molecule has 0 heterocycles. The van der Waals surface area contributed by atoms with Gasteiger partial charge in [-0.1, -0.05) is 6.92 Å². The molecule has 0 aromatic carbocycles. The summed E-state index contributed by atoms with van der Waals surface area (Å²) in [5.41, 5.74) is 0. The van der Waals surface area contributed by atoms with Gasteiger partial charge in [0, 0.05) is 5.75 Å². The van der Waals surface area contributed by atoms with Crippen LogP contribution >= 0.6 is 0 Å². The first-order chi connectivity index (χ1) is 6.25. The van der Waals surface area contributed by atoms with Crippen molar-refractivity contribution >= 4 is 15.8 Å². The predicted molar refractivity (Wildman–Crippen MR) is 45.9 cm³/mol. The largest absolute Gasteiger partial charge is 0.462 e. The molecule has 0 fully saturated rings. The van der Waals surface area contributed by atoms with Crippen LogP contribution < -0.4 is 0 Å². The average Bonchev–Trinajstić information content (AvgIpc) is 2.03. The fourth-order valence-corrected chi connectivity index (χ4v) is 1.55. The molecule has 7 heteroatoms. The third-order valence-electron chi connectivity index (χ3n) is 1.42. The number of rotatable bonds is 5. The van der Waals surface area contributed by atoms with Crippen molar-refractivity contribution in [2.75, 3.05) is 18.1 Å². The fraction of sp³-hybridized carbons (Fsp3) is 0.857. The summed E-state index contributed by atoms with van der Waals surface area (Å²) in [4.78, 5) is 10.6. The van der Waals surface area contributed by atoms with Crippen LogP contribution in [0.3, 0.4) is 0 Å². The van der Waals surface area contributed by atoms with Crippen molar-refractivity contribution < 1.29 is 26.7 Å². The Labute approximate surface area is 81.2 Å². The predicted octanol–water partition coefficient (Wildman–Crippen LogP) is 0.620. The van der Waals surface area contributed by atoms with E-state index in [0.717, 1.165) is 0 Å². The van der Waals surface area contributed by atoms with E-state index in [1.165, 1.54) is 13.8 Å². The number of halogens is 2. The number of ether oxygens (including phenoxy) is 1. The van der Waals surface area contributed by atoms with E-state index in [1.54, 1.807) is 0 Å². The number of sulfone groups is 1. The lowest BCUT2D eigenvalue weighted by Gasteiger charge is -2.13. The molecule has 0 N–H and O–H groups in total. The van der Waals surface area contributed by atoms with Gasteiger partial charge in [0.2, 0.25) is 0 Å². The third kappa shape index (κ3) is 3.99. The SMILES string of the molecule is CCOC(=O)C(F)(F)CS(=O)(=O)CC. The van der Waals surface area contributed by atoms with Gasteiger partial charge in [-0.3, -0.25) is 0 Å². The standard InChI is InChI=1S/C7H12F2O4S/c1-3-13-6(10)7(8,9)5-14(11,12)4-2/h3-5H2,1-2H3.